The first-order valence-corrected chi connectivity index (χ1v) is 7.63. The number of hydrogen-bond acceptors (Lipinski definition) is 5. The molecule has 8 nitrogen and oxygen atoms in total. The number of H-pyrrole nitrogens is 1. The Kier molecular flexibility index (Phi) is 5.86. The van der Waals surface area contributed by atoms with Gasteiger partial charge in [-0.25, -0.2) is 0 Å². The Morgan fingerprint density at radius 1 is 1.43 bits per heavy atom. The van der Waals surface area contributed by atoms with Crippen LogP contribution < -0.4 is 0 Å². The zero-order valence-corrected chi connectivity index (χ0v) is 14.2. The van der Waals surface area contributed by atoms with E-state index in [0.29, 0.717) is 32.5 Å². The number of nitrogens with one attached hydrogen (secondary N) is 1. The summed E-state index contributed by atoms with van der Waals surface area (Å²) in [7, 11) is 3.43. The largest absolute Gasteiger partial charge is 0.383 e. The van der Waals surface area contributed by atoms with E-state index in [1.807, 2.05) is 18.4 Å². The maximum atomic E-state index is 12.3. The fourth-order valence-corrected chi connectivity index (χ4v) is 2.27. The Labute approximate surface area is 135 Å². The van der Waals surface area contributed by atoms with Crippen molar-refractivity contribution in [3.8, 4) is 0 Å². The molecule has 2 aromatic rings. The summed E-state index contributed by atoms with van der Waals surface area (Å²) in [4.78, 5) is 14.0. The molecule has 0 spiro atoms. The van der Waals surface area contributed by atoms with Gasteiger partial charge >= 0.3 is 0 Å². The van der Waals surface area contributed by atoms with E-state index in [-0.39, 0.29) is 5.91 Å². The zero-order chi connectivity index (χ0) is 16.8. The van der Waals surface area contributed by atoms with Gasteiger partial charge in [-0.3, -0.25) is 9.89 Å². The molecule has 0 atom stereocenters. The molecule has 2 heterocycles. The second-order valence-electron chi connectivity index (χ2n) is 5.60. The van der Waals surface area contributed by atoms with Crippen molar-refractivity contribution in [3.05, 3.63) is 29.1 Å². The van der Waals surface area contributed by atoms with Gasteiger partial charge in [0.15, 0.2) is 5.82 Å². The third-order valence-electron chi connectivity index (χ3n) is 3.97. The highest BCUT2D eigenvalue weighted by Crippen LogP contribution is 2.11. The lowest BCUT2D eigenvalue weighted by atomic mass is 10.1. The number of rotatable bonds is 8. The second-order valence-corrected chi connectivity index (χ2v) is 5.60. The number of carbonyl (C=O) groups excluding carboxylic acids is 1. The Hall–Kier alpha value is -2.22. The highest BCUT2D eigenvalue weighted by molar-refractivity contribution is 5.76. The molecule has 0 aliphatic heterocycles. The molecule has 8 heteroatoms. The van der Waals surface area contributed by atoms with E-state index in [1.54, 1.807) is 25.4 Å². The van der Waals surface area contributed by atoms with E-state index in [2.05, 4.69) is 20.4 Å². The summed E-state index contributed by atoms with van der Waals surface area (Å²) in [6, 6.07) is 0. The summed E-state index contributed by atoms with van der Waals surface area (Å²) in [5.41, 5.74) is 3.12. The van der Waals surface area contributed by atoms with Gasteiger partial charge in [0, 0.05) is 39.2 Å². The minimum absolute atomic E-state index is 0.0614. The van der Waals surface area contributed by atoms with Gasteiger partial charge in [0.05, 0.1) is 18.8 Å². The van der Waals surface area contributed by atoms with Gasteiger partial charge in [-0.15, -0.1) is 10.2 Å². The zero-order valence-electron chi connectivity index (χ0n) is 14.2. The van der Waals surface area contributed by atoms with Crippen molar-refractivity contribution in [1.29, 1.82) is 0 Å². The van der Waals surface area contributed by atoms with Crippen LogP contribution in [0.3, 0.4) is 0 Å². The molecule has 1 amide bonds. The number of aromatic nitrogens is 5. The smallest absolute Gasteiger partial charge is 0.223 e. The van der Waals surface area contributed by atoms with E-state index < -0.39 is 0 Å². The van der Waals surface area contributed by atoms with Gasteiger partial charge < -0.3 is 14.2 Å². The van der Waals surface area contributed by atoms with Crippen LogP contribution >= 0.6 is 0 Å². The average Bonchev–Trinajstić information content (AvgIpc) is 3.11. The topological polar surface area (TPSA) is 88.9 Å². The Morgan fingerprint density at radius 2 is 2.22 bits per heavy atom. The van der Waals surface area contributed by atoms with Crippen molar-refractivity contribution in [2.45, 2.75) is 39.8 Å². The summed E-state index contributed by atoms with van der Waals surface area (Å²) >= 11 is 0. The number of methoxy groups -OCH3 is 1. The van der Waals surface area contributed by atoms with Gasteiger partial charge in [0.1, 0.15) is 6.33 Å². The van der Waals surface area contributed by atoms with E-state index in [9.17, 15) is 4.79 Å². The van der Waals surface area contributed by atoms with E-state index in [0.717, 1.165) is 22.8 Å². The monoisotopic (exact) mass is 320 g/mol. The van der Waals surface area contributed by atoms with Crippen LogP contribution in [0, 0.1) is 13.8 Å². The highest BCUT2D eigenvalue weighted by Gasteiger charge is 2.15. The van der Waals surface area contributed by atoms with E-state index in [4.69, 9.17) is 4.74 Å². The molecule has 0 radical (unpaired) electrons. The standard InChI is InChI=1S/C15H24N6O2/c1-11-12(2)17-18-13(11)5-6-15(22)20(3)9-14-19-16-10-21(14)7-8-23-4/h10H,5-9H2,1-4H3,(H,17,18). The number of hydrogen-bond donors (Lipinski definition) is 1. The van der Waals surface area contributed by atoms with Crippen molar-refractivity contribution in [1.82, 2.24) is 29.9 Å². The van der Waals surface area contributed by atoms with E-state index in [1.165, 1.54) is 0 Å². The first-order valence-electron chi connectivity index (χ1n) is 7.63. The molecule has 0 unspecified atom stereocenters. The highest BCUT2D eigenvalue weighted by atomic mass is 16.5. The van der Waals surface area contributed by atoms with Gasteiger partial charge in [0.25, 0.3) is 0 Å². The SMILES string of the molecule is COCCn1cnnc1CN(C)C(=O)CCc1n[nH]c(C)c1C. The van der Waals surface area contributed by atoms with Crippen LogP contribution in [0.1, 0.15) is 29.2 Å². The van der Waals surface area contributed by atoms with Crippen molar-refractivity contribution in [2.24, 2.45) is 0 Å². The molecular weight excluding hydrogens is 296 g/mol. The Balaban J connectivity index is 1.87. The van der Waals surface area contributed by atoms with E-state index >= 15 is 0 Å². The van der Waals surface area contributed by atoms with Crippen LogP contribution in [0.4, 0.5) is 0 Å². The molecule has 0 aliphatic carbocycles. The van der Waals surface area contributed by atoms with Gasteiger partial charge in [-0.1, -0.05) is 0 Å². The Bertz CT molecular complexity index is 648. The number of nitrogens with zero attached hydrogens (tertiary/aromatic N) is 5. The first kappa shape index (κ1) is 17.1. The molecule has 2 rings (SSSR count). The molecular formula is C15H24N6O2. The molecule has 126 valence electrons. The fourth-order valence-electron chi connectivity index (χ4n) is 2.27. The fraction of sp³-hybridized carbons (Fsp3) is 0.600. The van der Waals surface area contributed by atoms with Crippen molar-refractivity contribution in [3.63, 3.8) is 0 Å². The molecule has 0 saturated carbocycles. The van der Waals surface area contributed by atoms with Crippen LogP contribution in [0.2, 0.25) is 0 Å². The quantitative estimate of drug-likeness (QED) is 0.779. The van der Waals surface area contributed by atoms with Crippen LogP contribution in [-0.2, 0) is 29.0 Å². The van der Waals surface area contributed by atoms with Crippen LogP contribution in [-0.4, -0.2) is 56.5 Å². The lowest BCUT2D eigenvalue weighted by Gasteiger charge is -2.17. The predicted octanol–water partition coefficient (Wildman–Crippen LogP) is 0.856. The molecule has 0 aliphatic rings. The maximum absolute atomic E-state index is 12.3. The van der Waals surface area contributed by atoms with Gasteiger partial charge in [0.2, 0.25) is 5.91 Å². The molecule has 0 bridgehead atoms. The minimum atomic E-state index is 0.0614. The minimum Gasteiger partial charge on any atom is -0.383 e. The van der Waals surface area contributed by atoms with Crippen molar-refractivity contribution in [2.75, 3.05) is 20.8 Å². The second kappa shape index (κ2) is 7.87. The number of aryl methyl sites for hydroxylation is 2. The average molecular weight is 320 g/mol. The number of amides is 1. The lowest BCUT2D eigenvalue weighted by molar-refractivity contribution is -0.130. The summed E-state index contributed by atoms with van der Waals surface area (Å²) in [5.74, 6) is 0.816. The summed E-state index contributed by atoms with van der Waals surface area (Å²) in [6.45, 7) is 5.68. The first-order chi connectivity index (χ1) is 11.0. The molecule has 0 saturated heterocycles. The van der Waals surface area contributed by atoms with Crippen LogP contribution in [0.15, 0.2) is 6.33 Å². The van der Waals surface area contributed by atoms with Crippen LogP contribution in [0.5, 0.6) is 0 Å². The Morgan fingerprint density at radius 3 is 2.87 bits per heavy atom. The summed E-state index contributed by atoms with van der Waals surface area (Å²) in [6.07, 6.45) is 2.71. The number of aromatic amines is 1. The third kappa shape index (κ3) is 4.38. The third-order valence-corrected chi connectivity index (χ3v) is 3.97. The predicted molar refractivity (Wildman–Crippen MR) is 84.8 cm³/mol. The normalized spacial score (nSPS) is 11.0. The summed E-state index contributed by atoms with van der Waals surface area (Å²) < 4.78 is 6.95. The summed E-state index contributed by atoms with van der Waals surface area (Å²) in [5, 5.41) is 15.2. The lowest BCUT2D eigenvalue weighted by Crippen LogP contribution is -2.28. The molecule has 0 aromatic carbocycles. The number of carbonyl (C=O) groups is 1. The van der Waals surface area contributed by atoms with Gasteiger partial charge in [-0.05, 0) is 19.4 Å². The molecule has 0 fully saturated rings. The maximum Gasteiger partial charge on any atom is 0.223 e. The van der Waals surface area contributed by atoms with Crippen molar-refractivity contribution >= 4 is 5.91 Å². The molecule has 2 aromatic heterocycles. The van der Waals surface area contributed by atoms with Crippen LogP contribution in [0.25, 0.3) is 0 Å². The van der Waals surface area contributed by atoms with Crippen molar-refractivity contribution < 1.29 is 9.53 Å². The van der Waals surface area contributed by atoms with Gasteiger partial charge in [-0.2, -0.15) is 5.10 Å². The molecule has 1 N–H and O–H groups in total. The molecule has 23 heavy (non-hydrogen) atoms. The number of ether oxygens (including phenoxy) is 1.